The van der Waals surface area contributed by atoms with Gasteiger partial charge in [-0.25, -0.2) is 5.06 Å². The summed E-state index contributed by atoms with van der Waals surface area (Å²) in [5.41, 5.74) is 0.368. The number of ketones is 1. The molecule has 1 saturated heterocycles. The van der Waals surface area contributed by atoms with Crippen LogP contribution in [0.2, 0.25) is 0 Å². The number of rotatable bonds is 8. The number of amides is 2. The Kier molecular flexibility index (Phi) is 5.87. The Morgan fingerprint density at radius 1 is 1.43 bits per heavy atom. The van der Waals surface area contributed by atoms with Gasteiger partial charge in [0.1, 0.15) is 6.04 Å². The number of hydroxylamine groups is 2. The lowest BCUT2D eigenvalue weighted by atomic mass is 9.81. The summed E-state index contributed by atoms with van der Waals surface area (Å²) in [6.07, 6.45) is 2.86. The number of hydrogen-bond donors (Lipinski definition) is 2. The molecular weight excluding hydrogens is 296 g/mol. The van der Waals surface area contributed by atoms with E-state index in [0.29, 0.717) is 17.2 Å². The van der Waals surface area contributed by atoms with Crippen molar-refractivity contribution in [2.45, 2.75) is 32.2 Å². The average molecular weight is 318 g/mol. The summed E-state index contributed by atoms with van der Waals surface area (Å²) in [4.78, 5) is 36.0. The molecule has 0 aromatic heterocycles. The van der Waals surface area contributed by atoms with Crippen LogP contribution in [0.3, 0.4) is 0 Å². The average Bonchev–Trinajstić information content (AvgIpc) is 2.94. The maximum atomic E-state index is 12.8. The maximum absolute atomic E-state index is 12.8. The first-order chi connectivity index (χ1) is 11.1. The number of unbranched alkanes of at least 4 members (excludes halogenated alkanes) is 1. The molecule has 2 N–H and O–H groups in total. The number of nitrogens with zero attached hydrogens (tertiary/aromatic N) is 1. The Labute approximate surface area is 135 Å². The van der Waals surface area contributed by atoms with Crippen LogP contribution in [-0.4, -0.2) is 41.0 Å². The van der Waals surface area contributed by atoms with Gasteiger partial charge in [0.15, 0.2) is 5.78 Å². The van der Waals surface area contributed by atoms with Crippen molar-refractivity contribution in [1.29, 1.82) is 0 Å². The molecule has 0 saturated carbocycles. The fraction of sp³-hybridized carbons (Fsp3) is 0.471. The smallest absolute Gasteiger partial charge is 0.233 e. The van der Waals surface area contributed by atoms with Crippen molar-refractivity contribution in [3.05, 3.63) is 35.9 Å². The van der Waals surface area contributed by atoms with E-state index < -0.39 is 17.7 Å². The Morgan fingerprint density at radius 3 is 2.74 bits per heavy atom. The second-order valence-corrected chi connectivity index (χ2v) is 5.83. The standard InChI is InChI=1S/C17H22N2O4/c1-2-3-7-13-10-18-17(22)14(13)15(19(23)11-20)16(21)12-8-5-4-6-9-12/h4-6,8-9,11,13-15,23H,2-3,7,10H2,1H3,(H,18,22). The van der Waals surface area contributed by atoms with E-state index in [9.17, 15) is 19.6 Å². The Hall–Kier alpha value is -2.21. The predicted molar refractivity (Wildman–Crippen MR) is 83.8 cm³/mol. The predicted octanol–water partition coefficient (Wildman–Crippen LogP) is 1.64. The first-order valence-electron chi connectivity index (χ1n) is 7.89. The number of carbonyl (C=O) groups excluding carboxylic acids is 3. The number of nitrogens with one attached hydrogen (secondary N) is 1. The highest BCUT2D eigenvalue weighted by Gasteiger charge is 2.46. The molecule has 6 nitrogen and oxygen atoms in total. The third-order valence-electron chi connectivity index (χ3n) is 4.34. The van der Waals surface area contributed by atoms with Gasteiger partial charge < -0.3 is 5.32 Å². The van der Waals surface area contributed by atoms with E-state index in [0.717, 1.165) is 19.3 Å². The molecular formula is C17H22N2O4. The summed E-state index contributed by atoms with van der Waals surface area (Å²) in [7, 11) is 0. The summed E-state index contributed by atoms with van der Waals surface area (Å²) in [6.45, 7) is 2.52. The zero-order valence-electron chi connectivity index (χ0n) is 13.1. The fourth-order valence-electron chi connectivity index (χ4n) is 3.13. The van der Waals surface area contributed by atoms with E-state index in [4.69, 9.17) is 0 Å². The van der Waals surface area contributed by atoms with Gasteiger partial charge in [0, 0.05) is 12.1 Å². The van der Waals surface area contributed by atoms with E-state index in [2.05, 4.69) is 12.2 Å². The summed E-state index contributed by atoms with van der Waals surface area (Å²) < 4.78 is 0. The normalized spacial score (nSPS) is 21.6. The van der Waals surface area contributed by atoms with Crippen LogP contribution < -0.4 is 5.32 Å². The van der Waals surface area contributed by atoms with Crippen LogP contribution in [0, 0.1) is 11.8 Å². The Bertz CT molecular complexity index is 561. The Morgan fingerprint density at radius 2 is 2.13 bits per heavy atom. The van der Waals surface area contributed by atoms with Crippen LogP contribution in [-0.2, 0) is 9.59 Å². The number of benzene rings is 1. The van der Waals surface area contributed by atoms with Crippen LogP contribution in [0.4, 0.5) is 0 Å². The molecule has 2 rings (SSSR count). The largest absolute Gasteiger partial charge is 0.355 e. The van der Waals surface area contributed by atoms with Gasteiger partial charge in [0.25, 0.3) is 0 Å². The lowest BCUT2D eigenvalue weighted by molar-refractivity contribution is -0.163. The van der Waals surface area contributed by atoms with Gasteiger partial charge in [-0.05, 0) is 12.3 Å². The van der Waals surface area contributed by atoms with Crippen LogP contribution in [0.1, 0.15) is 36.5 Å². The maximum Gasteiger partial charge on any atom is 0.233 e. The Balaban J connectivity index is 2.31. The number of Topliss-reactive ketones (excluding diaryl/α,β-unsaturated/α-hetero) is 1. The van der Waals surface area contributed by atoms with Gasteiger partial charge in [-0.15, -0.1) is 0 Å². The molecule has 124 valence electrons. The van der Waals surface area contributed by atoms with Crippen molar-refractivity contribution in [1.82, 2.24) is 10.4 Å². The molecule has 0 spiro atoms. The summed E-state index contributed by atoms with van der Waals surface area (Å²) in [5, 5.41) is 13.0. The first kappa shape index (κ1) is 17.1. The summed E-state index contributed by atoms with van der Waals surface area (Å²) in [6, 6.07) is 7.21. The van der Waals surface area contributed by atoms with Gasteiger partial charge in [0.2, 0.25) is 12.3 Å². The molecule has 0 radical (unpaired) electrons. The van der Waals surface area contributed by atoms with Crippen LogP contribution >= 0.6 is 0 Å². The molecule has 23 heavy (non-hydrogen) atoms. The van der Waals surface area contributed by atoms with E-state index in [1.165, 1.54) is 0 Å². The highest BCUT2D eigenvalue weighted by Crippen LogP contribution is 2.30. The second-order valence-electron chi connectivity index (χ2n) is 5.83. The highest BCUT2D eigenvalue weighted by molar-refractivity contribution is 6.04. The number of carbonyl (C=O) groups is 3. The molecule has 1 fully saturated rings. The van der Waals surface area contributed by atoms with Gasteiger partial charge in [-0.2, -0.15) is 0 Å². The second kappa shape index (κ2) is 7.87. The minimum absolute atomic E-state index is 0.0743. The van der Waals surface area contributed by atoms with Crippen molar-refractivity contribution < 1.29 is 19.6 Å². The van der Waals surface area contributed by atoms with E-state index in [1.807, 2.05) is 0 Å². The topological polar surface area (TPSA) is 86.7 Å². The molecule has 0 aliphatic carbocycles. The molecule has 0 bridgehead atoms. The third kappa shape index (κ3) is 3.76. The SMILES string of the molecule is CCCCC1CNC(=O)C1C(C(=O)c1ccccc1)N(O)C=O. The van der Waals surface area contributed by atoms with Gasteiger partial charge in [0.05, 0.1) is 5.92 Å². The first-order valence-corrected chi connectivity index (χ1v) is 7.89. The molecule has 3 unspecified atom stereocenters. The molecule has 1 aliphatic heterocycles. The van der Waals surface area contributed by atoms with Crippen molar-refractivity contribution in [3.8, 4) is 0 Å². The molecule has 1 aromatic carbocycles. The van der Waals surface area contributed by atoms with Gasteiger partial charge in [-0.3, -0.25) is 19.6 Å². The molecule has 1 heterocycles. The minimum Gasteiger partial charge on any atom is -0.355 e. The van der Waals surface area contributed by atoms with E-state index in [-0.39, 0.29) is 18.2 Å². The summed E-state index contributed by atoms with van der Waals surface area (Å²) in [5.74, 6) is -1.52. The third-order valence-corrected chi connectivity index (χ3v) is 4.34. The van der Waals surface area contributed by atoms with Crippen molar-refractivity contribution in [2.24, 2.45) is 11.8 Å². The quantitative estimate of drug-likeness (QED) is 0.330. The van der Waals surface area contributed by atoms with E-state index >= 15 is 0 Å². The molecule has 1 aromatic rings. The van der Waals surface area contributed by atoms with Crippen LogP contribution in [0.15, 0.2) is 30.3 Å². The lowest BCUT2D eigenvalue weighted by Crippen LogP contribution is -2.48. The zero-order chi connectivity index (χ0) is 16.8. The minimum atomic E-state index is -1.20. The summed E-state index contributed by atoms with van der Waals surface area (Å²) >= 11 is 0. The fourth-order valence-corrected chi connectivity index (χ4v) is 3.13. The lowest BCUT2D eigenvalue weighted by Gasteiger charge is -2.29. The van der Waals surface area contributed by atoms with Gasteiger partial charge in [-0.1, -0.05) is 50.1 Å². The van der Waals surface area contributed by atoms with Crippen LogP contribution in [0.25, 0.3) is 0 Å². The highest BCUT2D eigenvalue weighted by atomic mass is 16.5. The monoisotopic (exact) mass is 318 g/mol. The van der Waals surface area contributed by atoms with Gasteiger partial charge >= 0.3 is 0 Å². The van der Waals surface area contributed by atoms with E-state index in [1.54, 1.807) is 30.3 Å². The zero-order valence-corrected chi connectivity index (χ0v) is 13.1. The van der Waals surface area contributed by atoms with Crippen LogP contribution in [0.5, 0.6) is 0 Å². The molecule has 1 aliphatic rings. The van der Waals surface area contributed by atoms with Crippen molar-refractivity contribution in [2.75, 3.05) is 6.54 Å². The molecule has 6 heteroatoms. The number of hydrogen-bond acceptors (Lipinski definition) is 4. The van der Waals surface area contributed by atoms with Crippen molar-refractivity contribution >= 4 is 18.1 Å². The van der Waals surface area contributed by atoms with Crippen molar-refractivity contribution in [3.63, 3.8) is 0 Å². The molecule has 2 amide bonds. The molecule has 3 atom stereocenters.